The molecule has 4 nitrogen and oxygen atoms in total. The highest BCUT2D eigenvalue weighted by molar-refractivity contribution is 5.58. The molecule has 0 aliphatic rings. The van der Waals surface area contributed by atoms with Crippen LogP contribution in [0.2, 0.25) is 0 Å². The van der Waals surface area contributed by atoms with Crippen molar-refractivity contribution in [3.63, 3.8) is 0 Å². The summed E-state index contributed by atoms with van der Waals surface area (Å²) in [7, 11) is 0. The first-order valence-electron chi connectivity index (χ1n) is 5.30. The fraction of sp³-hybridized carbons (Fsp3) is 0.500. The van der Waals surface area contributed by atoms with Crippen molar-refractivity contribution in [3.8, 4) is 23.0 Å². The number of hydrogen-bond acceptors (Lipinski definition) is 4. The zero-order chi connectivity index (χ0) is 12.3. The van der Waals surface area contributed by atoms with E-state index < -0.39 is 0 Å². The van der Waals surface area contributed by atoms with Gasteiger partial charge in [0.25, 0.3) is 0 Å². The summed E-state index contributed by atoms with van der Waals surface area (Å²) < 4.78 is 10.8. The fourth-order valence-corrected chi connectivity index (χ4v) is 1.24. The van der Waals surface area contributed by atoms with E-state index >= 15 is 0 Å². The van der Waals surface area contributed by atoms with Crippen molar-refractivity contribution in [2.75, 3.05) is 0 Å². The molecule has 0 bridgehead atoms. The summed E-state index contributed by atoms with van der Waals surface area (Å²) in [5.74, 6) is 0.289. The van der Waals surface area contributed by atoms with Crippen molar-refractivity contribution in [1.82, 2.24) is 0 Å². The molecule has 2 N–H and O–H groups in total. The highest BCUT2D eigenvalue weighted by Gasteiger charge is 2.18. The first-order chi connectivity index (χ1) is 7.41. The van der Waals surface area contributed by atoms with Crippen LogP contribution in [-0.2, 0) is 0 Å². The van der Waals surface area contributed by atoms with Gasteiger partial charge in [0, 0.05) is 0 Å². The lowest BCUT2D eigenvalue weighted by atomic mass is 10.2. The van der Waals surface area contributed by atoms with Crippen molar-refractivity contribution in [3.05, 3.63) is 12.1 Å². The average molecular weight is 226 g/mol. The van der Waals surface area contributed by atoms with Crippen molar-refractivity contribution >= 4 is 0 Å². The summed E-state index contributed by atoms with van der Waals surface area (Å²) in [6.45, 7) is 7.34. The number of benzene rings is 1. The molecule has 0 saturated carbocycles. The Morgan fingerprint density at radius 2 is 1.12 bits per heavy atom. The Morgan fingerprint density at radius 1 is 0.812 bits per heavy atom. The van der Waals surface area contributed by atoms with Gasteiger partial charge in [0.2, 0.25) is 11.5 Å². The minimum Gasteiger partial charge on any atom is -0.504 e. The van der Waals surface area contributed by atoms with E-state index in [0.717, 1.165) is 0 Å². The molecule has 1 aromatic rings. The zero-order valence-corrected chi connectivity index (χ0v) is 10.0. The van der Waals surface area contributed by atoms with Crippen molar-refractivity contribution in [1.29, 1.82) is 0 Å². The summed E-state index contributed by atoms with van der Waals surface area (Å²) in [5, 5.41) is 19.3. The van der Waals surface area contributed by atoms with Gasteiger partial charge in [0.1, 0.15) is 0 Å². The van der Waals surface area contributed by atoms with Crippen LogP contribution in [0.15, 0.2) is 12.1 Å². The third-order valence-electron chi connectivity index (χ3n) is 1.78. The van der Waals surface area contributed by atoms with Crippen molar-refractivity contribution in [2.24, 2.45) is 0 Å². The molecule has 0 amide bonds. The Labute approximate surface area is 95.4 Å². The predicted molar refractivity (Wildman–Crippen MR) is 61.3 cm³/mol. The number of aromatic hydroxyl groups is 2. The van der Waals surface area contributed by atoms with Gasteiger partial charge in [-0.3, -0.25) is 0 Å². The van der Waals surface area contributed by atoms with Gasteiger partial charge < -0.3 is 19.7 Å². The van der Waals surface area contributed by atoms with Crippen molar-refractivity contribution < 1.29 is 19.7 Å². The lowest BCUT2D eigenvalue weighted by Gasteiger charge is -2.18. The van der Waals surface area contributed by atoms with Gasteiger partial charge in [-0.2, -0.15) is 0 Å². The topological polar surface area (TPSA) is 58.9 Å². The molecule has 16 heavy (non-hydrogen) atoms. The van der Waals surface area contributed by atoms with E-state index in [1.807, 2.05) is 27.7 Å². The fourth-order valence-electron chi connectivity index (χ4n) is 1.24. The highest BCUT2D eigenvalue weighted by Crippen LogP contribution is 2.44. The third-order valence-corrected chi connectivity index (χ3v) is 1.78. The van der Waals surface area contributed by atoms with Gasteiger partial charge in [-0.05, 0) is 39.8 Å². The molecule has 1 aromatic carbocycles. The summed E-state index contributed by atoms with van der Waals surface area (Å²) in [6.07, 6.45) is -0.218. The second-order valence-electron chi connectivity index (χ2n) is 4.10. The van der Waals surface area contributed by atoms with Gasteiger partial charge in [0.15, 0.2) is 11.5 Å². The van der Waals surface area contributed by atoms with Gasteiger partial charge >= 0.3 is 0 Å². The molecular formula is C12H18O4. The highest BCUT2D eigenvalue weighted by atomic mass is 16.5. The van der Waals surface area contributed by atoms with Crippen LogP contribution in [-0.4, -0.2) is 22.4 Å². The van der Waals surface area contributed by atoms with Gasteiger partial charge in [0.05, 0.1) is 12.2 Å². The molecule has 0 atom stereocenters. The summed E-state index contributed by atoms with van der Waals surface area (Å²) in [4.78, 5) is 0. The van der Waals surface area contributed by atoms with Crippen LogP contribution in [0.3, 0.4) is 0 Å². The SMILES string of the molecule is CC(C)Oc1c(O)ccc(O)c1OC(C)C. The maximum absolute atomic E-state index is 9.66. The normalized spacial score (nSPS) is 10.9. The van der Waals surface area contributed by atoms with Gasteiger partial charge in [-0.1, -0.05) is 0 Å². The molecule has 1 rings (SSSR count). The molecule has 0 fully saturated rings. The Balaban J connectivity index is 3.14. The Bertz CT molecular complexity index is 323. The minimum absolute atomic E-state index is 0.0397. The quantitative estimate of drug-likeness (QED) is 0.775. The average Bonchev–Trinajstić information content (AvgIpc) is 2.16. The third kappa shape index (κ3) is 2.95. The summed E-state index contributed by atoms with van der Waals surface area (Å²) in [5.41, 5.74) is 0. The summed E-state index contributed by atoms with van der Waals surface area (Å²) >= 11 is 0. The van der Waals surface area contributed by atoms with E-state index in [1.54, 1.807) is 0 Å². The first kappa shape index (κ1) is 12.5. The zero-order valence-electron chi connectivity index (χ0n) is 10.0. The van der Waals surface area contributed by atoms with Crippen LogP contribution in [0.4, 0.5) is 0 Å². The Hall–Kier alpha value is -1.58. The molecule has 0 heterocycles. The van der Waals surface area contributed by atoms with Crippen LogP contribution in [0.5, 0.6) is 23.0 Å². The maximum Gasteiger partial charge on any atom is 0.207 e. The van der Waals surface area contributed by atoms with E-state index in [4.69, 9.17) is 9.47 Å². The number of rotatable bonds is 4. The molecule has 0 aliphatic heterocycles. The summed E-state index contributed by atoms with van der Waals surface area (Å²) in [6, 6.07) is 2.75. The Morgan fingerprint density at radius 3 is 1.38 bits per heavy atom. The molecule has 0 spiro atoms. The van der Waals surface area contributed by atoms with Crippen molar-refractivity contribution in [2.45, 2.75) is 39.9 Å². The predicted octanol–water partition coefficient (Wildman–Crippen LogP) is 2.67. The molecular weight excluding hydrogens is 208 g/mol. The number of ether oxygens (including phenoxy) is 2. The monoisotopic (exact) mass is 226 g/mol. The second-order valence-corrected chi connectivity index (χ2v) is 4.10. The maximum atomic E-state index is 9.66. The number of phenolic OH excluding ortho intramolecular Hbond substituents is 2. The van der Waals surface area contributed by atoms with Crippen LogP contribution < -0.4 is 9.47 Å². The second kappa shape index (κ2) is 4.96. The largest absolute Gasteiger partial charge is 0.504 e. The van der Waals surface area contributed by atoms with E-state index in [2.05, 4.69) is 0 Å². The molecule has 0 unspecified atom stereocenters. The van der Waals surface area contributed by atoms with E-state index in [9.17, 15) is 10.2 Å². The molecule has 0 saturated heterocycles. The molecule has 0 radical (unpaired) electrons. The van der Waals surface area contributed by atoms with E-state index in [1.165, 1.54) is 12.1 Å². The van der Waals surface area contributed by atoms with Gasteiger partial charge in [-0.15, -0.1) is 0 Å². The molecule has 0 aliphatic carbocycles. The molecule has 90 valence electrons. The number of phenols is 2. The van der Waals surface area contributed by atoms with Crippen LogP contribution in [0.25, 0.3) is 0 Å². The van der Waals surface area contributed by atoms with E-state index in [-0.39, 0.29) is 35.2 Å². The van der Waals surface area contributed by atoms with Crippen LogP contribution in [0.1, 0.15) is 27.7 Å². The lowest BCUT2D eigenvalue weighted by Crippen LogP contribution is -2.11. The number of hydrogen-bond donors (Lipinski definition) is 2. The van der Waals surface area contributed by atoms with Crippen LogP contribution >= 0.6 is 0 Å². The molecule has 4 heteroatoms. The standard InChI is InChI=1S/C12H18O4/c1-7(2)15-11-9(13)5-6-10(14)12(11)16-8(3)4/h5-8,13-14H,1-4H3. The smallest absolute Gasteiger partial charge is 0.207 e. The minimum atomic E-state index is -0.109. The Kier molecular flexibility index (Phi) is 3.88. The first-order valence-corrected chi connectivity index (χ1v) is 5.30. The molecule has 0 aromatic heterocycles. The van der Waals surface area contributed by atoms with Gasteiger partial charge in [-0.25, -0.2) is 0 Å². The van der Waals surface area contributed by atoms with Crippen LogP contribution in [0, 0.1) is 0 Å². The van der Waals surface area contributed by atoms with E-state index in [0.29, 0.717) is 0 Å². The lowest BCUT2D eigenvalue weighted by molar-refractivity contribution is 0.186.